The number of rotatable bonds is 5. The molecule has 102 valence electrons. The normalized spacial score (nSPS) is 12.6. The predicted molar refractivity (Wildman–Crippen MR) is 67.2 cm³/mol. The van der Waals surface area contributed by atoms with E-state index >= 15 is 0 Å². The van der Waals surface area contributed by atoms with Crippen LogP contribution in [0.15, 0.2) is 23.1 Å². The predicted octanol–water partition coefficient (Wildman–Crippen LogP) is 0.616. The van der Waals surface area contributed by atoms with Crippen LogP contribution in [0.3, 0.4) is 0 Å². The molecule has 0 amide bonds. The molecular formula is C10H14FNO4S2. The van der Waals surface area contributed by atoms with Crippen molar-refractivity contribution in [3.63, 3.8) is 0 Å². The quantitative estimate of drug-likeness (QED) is 0.634. The first-order valence-electron chi connectivity index (χ1n) is 5.07. The van der Waals surface area contributed by atoms with Crippen molar-refractivity contribution < 1.29 is 21.2 Å². The van der Waals surface area contributed by atoms with Crippen LogP contribution in [0.5, 0.6) is 0 Å². The Kier molecular flexibility index (Phi) is 4.33. The van der Waals surface area contributed by atoms with Crippen molar-refractivity contribution in [1.82, 2.24) is 0 Å². The fraction of sp³-hybridized carbons (Fsp3) is 0.400. The topological polar surface area (TPSA) is 94.3 Å². The Bertz CT molecular complexity index is 638. The first-order chi connectivity index (χ1) is 8.12. The molecular weight excluding hydrogens is 281 g/mol. The van der Waals surface area contributed by atoms with Crippen molar-refractivity contribution in [1.29, 1.82) is 0 Å². The second-order valence-corrected chi connectivity index (χ2v) is 8.32. The van der Waals surface area contributed by atoms with Crippen LogP contribution in [0.2, 0.25) is 0 Å². The number of nitrogens with two attached hydrogens (primary N) is 1. The lowest BCUT2D eigenvalue weighted by Crippen LogP contribution is -2.13. The van der Waals surface area contributed by atoms with Crippen LogP contribution < -0.4 is 5.73 Å². The molecule has 0 aliphatic rings. The zero-order valence-electron chi connectivity index (χ0n) is 9.76. The molecule has 0 aromatic heterocycles. The maximum absolute atomic E-state index is 12.8. The number of benzene rings is 1. The summed E-state index contributed by atoms with van der Waals surface area (Å²) in [6.45, 7) is 0. The molecule has 5 nitrogen and oxygen atoms in total. The zero-order valence-corrected chi connectivity index (χ0v) is 11.4. The molecule has 1 aromatic carbocycles. The van der Waals surface area contributed by atoms with Crippen molar-refractivity contribution in [2.75, 3.05) is 23.5 Å². The van der Waals surface area contributed by atoms with Crippen molar-refractivity contribution in [2.45, 2.75) is 11.3 Å². The van der Waals surface area contributed by atoms with Gasteiger partial charge in [-0.2, -0.15) is 0 Å². The van der Waals surface area contributed by atoms with E-state index in [1.165, 1.54) is 0 Å². The molecule has 0 atom stereocenters. The maximum atomic E-state index is 12.8. The standard InChI is InChI=1S/C10H14FNO4S2/c1-17(13,14)5-2-6-18(15,16)10-4-3-8(11)7-9(10)12/h3-4,7H,2,5-6,12H2,1H3. The molecule has 0 radical (unpaired) electrons. The molecule has 0 fully saturated rings. The Hall–Kier alpha value is -1.15. The number of halogens is 1. The summed E-state index contributed by atoms with van der Waals surface area (Å²) in [6, 6.07) is 3.00. The molecule has 0 unspecified atom stereocenters. The van der Waals surface area contributed by atoms with Gasteiger partial charge in [0.2, 0.25) is 0 Å². The van der Waals surface area contributed by atoms with Gasteiger partial charge in [0.15, 0.2) is 9.84 Å². The molecule has 1 aromatic rings. The van der Waals surface area contributed by atoms with Gasteiger partial charge in [0.25, 0.3) is 0 Å². The summed E-state index contributed by atoms with van der Waals surface area (Å²) in [7, 11) is -6.89. The fourth-order valence-corrected chi connectivity index (χ4v) is 3.71. The van der Waals surface area contributed by atoms with Crippen LogP contribution in [-0.2, 0) is 19.7 Å². The first-order valence-corrected chi connectivity index (χ1v) is 8.78. The summed E-state index contributed by atoms with van der Waals surface area (Å²) in [5, 5.41) is 0. The highest BCUT2D eigenvalue weighted by molar-refractivity contribution is 7.92. The van der Waals surface area contributed by atoms with E-state index in [1.807, 2.05) is 0 Å². The molecule has 8 heteroatoms. The van der Waals surface area contributed by atoms with Crippen LogP contribution in [0, 0.1) is 5.82 Å². The van der Waals surface area contributed by atoms with Crippen molar-refractivity contribution in [3.8, 4) is 0 Å². The fourth-order valence-electron chi connectivity index (χ4n) is 1.42. The molecule has 0 aliphatic heterocycles. The van der Waals surface area contributed by atoms with E-state index in [1.54, 1.807) is 0 Å². The van der Waals surface area contributed by atoms with Gasteiger partial charge in [0.05, 0.1) is 22.1 Å². The third-order valence-corrected chi connectivity index (χ3v) is 5.13. The van der Waals surface area contributed by atoms with E-state index in [0.29, 0.717) is 0 Å². The van der Waals surface area contributed by atoms with Crippen LogP contribution >= 0.6 is 0 Å². The van der Waals surface area contributed by atoms with Crippen LogP contribution in [0.25, 0.3) is 0 Å². The Labute approximate surface area is 106 Å². The largest absolute Gasteiger partial charge is 0.398 e. The molecule has 0 aliphatic carbocycles. The smallest absolute Gasteiger partial charge is 0.180 e. The number of sulfone groups is 2. The van der Waals surface area contributed by atoms with Crippen molar-refractivity contribution in [3.05, 3.63) is 24.0 Å². The van der Waals surface area contributed by atoms with E-state index in [0.717, 1.165) is 24.5 Å². The van der Waals surface area contributed by atoms with Crippen LogP contribution in [0.4, 0.5) is 10.1 Å². The summed E-state index contributed by atoms with van der Waals surface area (Å²) in [5.41, 5.74) is 5.26. The summed E-state index contributed by atoms with van der Waals surface area (Å²) < 4.78 is 58.3. The lowest BCUT2D eigenvalue weighted by atomic mass is 10.3. The van der Waals surface area contributed by atoms with Gasteiger partial charge in [-0.1, -0.05) is 0 Å². The summed E-state index contributed by atoms with van der Waals surface area (Å²) in [4.78, 5) is -0.169. The molecule has 0 spiro atoms. The minimum atomic E-state index is -3.69. The third kappa shape index (κ3) is 4.26. The summed E-state index contributed by atoms with van der Waals surface area (Å²) in [5.74, 6) is -1.17. The number of hydrogen-bond acceptors (Lipinski definition) is 5. The molecule has 0 saturated heterocycles. The average molecular weight is 295 g/mol. The number of hydrogen-bond donors (Lipinski definition) is 1. The molecule has 0 bridgehead atoms. The lowest BCUT2D eigenvalue weighted by molar-refractivity contribution is 0.592. The Morgan fingerprint density at radius 3 is 2.28 bits per heavy atom. The van der Waals surface area contributed by atoms with Gasteiger partial charge in [-0.15, -0.1) is 0 Å². The Morgan fingerprint density at radius 2 is 1.78 bits per heavy atom. The minimum absolute atomic E-state index is 0.0159. The van der Waals surface area contributed by atoms with Gasteiger partial charge < -0.3 is 5.73 Å². The Morgan fingerprint density at radius 1 is 1.17 bits per heavy atom. The summed E-state index contributed by atoms with van der Waals surface area (Å²) >= 11 is 0. The van der Waals surface area contributed by atoms with Crippen LogP contribution in [-0.4, -0.2) is 34.6 Å². The molecule has 1 rings (SSSR count). The minimum Gasteiger partial charge on any atom is -0.398 e. The first kappa shape index (κ1) is 14.9. The van der Waals surface area contributed by atoms with Crippen molar-refractivity contribution in [2.24, 2.45) is 0 Å². The Balaban J connectivity index is 2.87. The lowest BCUT2D eigenvalue weighted by Gasteiger charge is -2.07. The van der Waals surface area contributed by atoms with Crippen LogP contribution in [0.1, 0.15) is 6.42 Å². The van der Waals surface area contributed by atoms with Gasteiger partial charge in [-0.3, -0.25) is 0 Å². The SMILES string of the molecule is CS(=O)(=O)CCCS(=O)(=O)c1ccc(F)cc1N. The molecule has 0 saturated carbocycles. The molecule has 18 heavy (non-hydrogen) atoms. The zero-order chi connectivity index (χ0) is 14.0. The van der Waals surface area contributed by atoms with Gasteiger partial charge >= 0.3 is 0 Å². The number of anilines is 1. The highest BCUT2D eigenvalue weighted by Crippen LogP contribution is 2.21. The maximum Gasteiger partial charge on any atom is 0.180 e. The van der Waals surface area contributed by atoms with Gasteiger partial charge in [-0.05, 0) is 24.6 Å². The molecule has 0 heterocycles. The van der Waals surface area contributed by atoms with Gasteiger partial charge in [-0.25, -0.2) is 21.2 Å². The van der Waals surface area contributed by atoms with Crippen molar-refractivity contribution >= 4 is 25.4 Å². The average Bonchev–Trinajstić information content (AvgIpc) is 2.13. The van der Waals surface area contributed by atoms with E-state index in [4.69, 9.17) is 5.73 Å². The van der Waals surface area contributed by atoms with E-state index in [2.05, 4.69) is 0 Å². The van der Waals surface area contributed by atoms with Gasteiger partial charge in [0.1, 0.15) is 15.7 Å². The van der Waals surface area contributed by atoms with E-state index in [-0.39, 0.29) is 28.5 Å². The third-order valence-electron chi connectivity index (χ3n) is 2.24. The van der Waals surface area contributed by atoms with E-state index in [9.17, 15) is 21.2 Å². The number of nitrogen functional groups attached to an aromatic ring is 1. The second-order valence-electron chi connectivity index (χ2n) is 3.98. The van der Waals surface area contributed by atoms with E-state index < -0.39 is 25.5 Å². The van der Waals surface area contributed by atoms with Gasteiger partial charge in [0, 0.05) is 6.26 Å². The molecule has 2 N–H and O–H groups in total. The monoisotopic (exact) mass is 295 g/mol. The highest BCUT2D eigenvalue weighted by Gasteiger charge is 2.18. The highest BCUT2D eigenvalue weighted by atomic mass is 32.2. The second kappa shape index (κ2) is 5.23. The summed E-state index contributed by atoms with van der Waals surface area (Å²) in [6.07, 6.45) is 1.02.